The number of nitrogens with zero attached hydrogens (tertiary/aromatic N) is 1. The van der Waals surface area contributed by atoms with Gasteiger partial charge >= 0.3 is 0 Å². The Morgan fingerprint density at radius 1 is 1.18 bits per heavy atom. The highest BCUT2D eigenvalue weighted by Crippen LogP contribution is 2.27. The van der Waals surface area contributed by atoms with E-state index >= 15 is 0 Å². The Labute approximate surface area is 199 Å². The number of halogens is 1. The zero-order valence-electron chi connectivity index (χ0n) is 18.8. The summed E-state index contributed by atoms with van der Waals surface area (Å²) in [7, 11) is -3.47. The van der Waals surface area contributed by atoms with Crippen LogP contribution in [0.4, 0.5) is 5.69 Å². The van der Waals surface area contributed by atoms with Crippen molar-refractivity contribution in [1.29, 1.82) is 0 Å². The summed E-state index contributed by atoms with van der Waals surface area (Å²) in [5, 5.41) is 13.8. The van der Waals surface area contributed by atoms with Crippen LogP contribution >= 0.6 is 11.6 Å². The van der Waals surface area contributed by atoms with Gasteiger partial charge in [0.1, 0.15) is 18.2 Å². The molecule has 1 unspecified atom stereocenters. The molecule has 3 aromatic rings. The van der Waals surface area contributed by atoms with Crippen molar-refractivity contribution < 1.29 is 18.3 Å². The topological polar surface area (TPSA) is 116 Å². The fourth-order valence-corrected chi connectivity index (χ4v) is 3.92. The van der Waals surface area contributed by atoms with E-state index in [1.165, 1.54) is 6.07 Å². The molecule has 4 N–H and O–H groups in total. The number of aromatic nitrogens is 2. The van der Waals surface area contributed by atoms with E-state index in [0.717, 1.165) is 29.1 Å². The number of nitrogens with one attached hydrogen (secondary N) is 3. The quantitative estimate of drug-likeness (QED) is 0.301. The average molecular weight is 493 g/mol. The minimum atomic E-state index is -3.47. The summed E-state index contributed by atoms with van der Waals surface area (Å²) in [5.41, 5.74) is 2.70. The Morgan fingerprint density at radius 3 is 2.55 bits per heavy atom. The second kappa shape index (κ2) is 11.0. The van der Waals surface area contributed by atoms with Crippen LogP contribution in [0.5, 0.6) is 5.75 Å². The van der Waals surface area contributed by atoms with Gasteiger partial charge in [-0.05, 0) is 42.0 Å². The lowest BCUT2D eigenvalue weighted by Gasteiger charge is -2.15. The van der Waals surface area contributed by atoms with E-state index in [1.54, 1.807) is 12.1 Å². The van der Waals surface area contributed by atoms with Gasteiger partial charge in [-0.25, -0.2) is 13.4 Å². The van der Waals surface area contributed by atoms with Gasteiger partial charge in [-0.3, -0.25) is 4.72 Å². The van der Waals surface area contributed by atoms with Crippen LogP contribution in [0.3, 0.4) is 0 Å². The molecule has 1 atom stereocenters. The number of H-pyrrole nitrogens is 1. The predicted octanol–water partition coefficient (Wildman–Crippen LogP) is 3.93. The summed E-state index contributed by atoms with van der Waals surface area (Å²) in [5.74, 6) is 2.05. The van der Waals surface area contributed by atoms with E-state index in [2.05, 4.69) is 33.9 Å². The molecule has 0 saturated heterocycles. The molecule has 0 bridgehead atoms. The number of aromatic amines is 1. The minimum absolute atomic E-state index is 0.234. The van der Waals surface area contributed by atoms with Gasteiger partial charge in [0.25, 0.3) is 0 Å². The molecule has 178 valence electrons. The molecule has 2 aromatic carbocycles. The Hall–Kier alpha value is -2.59. The second-order valence-electron chi connectivity index (χ2n) is 8.03. The van der Waals surface area contributed by atoms with Crippen molar-refractivity contribution in [1.82, 2.24) is 15.3 Å². The highest BCUT2D eigenvalue weighted by molar-refractivity contribution is 7.92. The van der Waals surface area contributed by atoms with Crippen LogP contribution in [-0.2, 0) is 10.0 Å². The zero-order valence-corrected chi connectivity index (χ0v) is 20.4. The Bertz CT molecular complexity index is 1160. The largest absolute Gasteiger partial charge is 0.492 e. The molecule has 10 heteroatoms. The minimum Gasteiger partial charge on any atom is -0.492 e. The third-order valence-electron chi connectivity index (χ3n) is 4.85. The lowest BCUT2D eigenvalue weighted by atomic mass is 10.1. The lowest BCUT2D eigenvalue weighted by Crippen LogP contribution is -2.26. The number of aliphatic hydroxyl groups is 1. The smallest absolute Gasteiger partial charge is 0.229 e. The van der Waals surface area contributed by atoms with Crippen molar-refractivity contribution in [3.8, 4) is 17.0 Å². The molecule has 0 aliphatic carbocycles. The van der Waals surface area contributed by atoms with Crippen molar-refractivity contribution in [2.75, 3.05) is 30.7 Å². The summed E-state index contributed by atoms with van der Waals surface area (Å²) in [6.07, 6.45) is 2.12. The van der Waals surface area contributed by atoms with Gasteiger partial charge in [-0.1, -0.05) is 31.5 Å². The molecule has 0 saturated carbocycles. The number of sulfonamides is 1. The van der Waals surface area contributed by atoms with E-state index in [0.29, 0.717) is 24.6 Å². The van der Waals surface area contributed by atoms with Crippen molar-refractivity contribution in [3.05, 3.63) is 65.1 Å². The molecular weight excluding hydrogens is 464 g/mol. The number of hydrogen-bond donors (Lipinski definition) is 4. The van der Waals surface area contributed by atoms with Crippen molar-refractivity contribution in [2.24, 2.45) is 0 Å². The van der Waals surface area contributed by atoms with Gasteiger partial charge in [-0.2, -0.15) is 0 Å². The normalized spacial score (nSPS) is 12.7. The van der Waals surface area contributed by atoms with Gasteiger partial charge < -0.3 is 20.1 Å². The SMILES string of the molecule is CC(C)c1nc(-c2ccc(OCCNCC(O)c3ccc(Cl)c(NS(C)(=O)=O)c3)cc2)c[nH]1. The third-order valence-corrected chi connectivity index (χ3v) is 5.77. The molecular formula is C23H29ClN4O4S. The highest BCUT2D eigenvalue weighted by atomic mass is 35.5. The number of imidazole rings is 1. The first kappa shape index (κ1) is 25.0. The van der Waals surface area contributed by atoms with E-state index in [1.807, 2.05) is 30.5 Å². The summed E-state index contributed by atoms with van der Waals surface area (Å²) < 4.78 is 31.0. The van der Waals surface area contributed by atoms with Crippen LogP contribution in [0.25, 0.3) is 11.3 Å². The fraction of sp³-hybridized carbons (Fsp3) is 0.348. The molecule has 0 aliphatic heterocycles. The maximum absolute atomic E-state index is 11.4. The lowest BCUT2D eigenvalue weighted by molar-refractivity contribution is 0.172. The van der Waals surface area contributed by atoms with Crippen molar-refractivity contribution in [2.45, 2.75) is 25.9 Å². The third kappa shape index (κ3) is 7.46. The highest BCUT2D eigenvalue weighted by Gasteiger charge is 2.12. The van der Waals surface area contributed by atoms with E-state index in [4.69, 9.17) is 16.3 Å². The van der Waals surface area contributed by atoms with Gasteiger partial charge in [0.2, 0.25) is 10.0 Å². The fourth-order valence-electron chi connectivity index (χ4n) is 3.13. The van der Waals surface area contributed by atoms with Gasteiger partial charge in [-0.15, -0.1) is 0 Å². The van der Waals surface area contributed by atoms with Crippen molar-refractivity contribution >= 4 is 27.3 Å². The van der Waals surface area contributed by atoms with Crippen LogP contribution < -0.4 is 14.8 Å². The second-order valence-corrected chi connectivity index (χ2v) is 10.2. The van der Waals surface area contributed by atoms with Crippen LogP contribution in [0.15, 0.2) is 48.7 Å². The summed E-state index contributed by atoms with van der Waals surface area (Å²) in [6, 6.07) is 12.5. The molecule has 1 aromatic heterocycles. The molecule has 0 aliphatic rings. The maximum atomic E-state index is 11.4. The predicted molar refractivity (Wildman–Crippen MR) is 131 cm³/mol. The van der Waals surface area contributed by atoms with Crippen LogP contribution in [0, 0.1) is 0 Å². The number of anilines is 1. The molecule has 3 rings (SSSR count). The number of rotatable bonds is 11. The monoisotopic (exact) mass is 492 g/mol. The number of ether oxygens (including phenoxy) is 1. The molecule has 0 spiro atoms. The Morgan fingerprint density at radius 2 is 1.91 bits per heavy atom. The summed E-state index contributed by atoms with van der Waals surface area (Å²) in [6.45, 7) is 5.41. The molecule has 0 amide bonds. The first-order valence-corrected chi connectivity index (χ1v) is 12.8. The first-order chi connectivity index (χ1) is 15.6. The molecule has 0 fully saturated rings. The van der Waals surface area contributed by atoms with E-state index in [-0.39, 0.29) is 17.3 Å². The van der Waals surface area contributed by atoms with Gasteiger partial charge in [0.15, 0.2) is 0 Å². The Kier molecular flexibility index (Phi) is 8.36. The zero-order chi connectivity index (χ0) is 24.0. The number of aliphatic hydroxyl groups excluding tert-OH is 1. The summed E-state index contributed by atoms with van der Waals surface area (Å²) in [4.78, 5) is 7.79. The number of hydrogen-bond acceptors (Lipinski definition) is 6. The van der Waals surface area contributed by atoms with Gasteiger partial charge in [0, 0.05) is 30.8 Å². The standard InChI is InChI=1S/C23H29ClN4O4S/c1-15(2)23-26-13-21(27-23)16-4-7-18(8-5-16)32-11-10-25-14-22(29)17-6-9-19(24)20(12-17)28-33(3,30)31/h4-9,12-13,15,22,25,28-29H,10-11,14H2,1-3H3,(H,26,27). The maximum Gasteiger partial charge on any atom is 0.229 e. The van der Waals surface area contributed by atoms with E-state index in [9.17, 15) is 13.5 Å². The molecule has 33 heavy (non-hydrogen) atoms. The van der Waals surface area contributed by atoms with Gasteiger partial charge in [0.05, 0.1) is 28.8 Å². The average Bonchev–Trinajstić information content (AvgIpc) is 3.25. The van der Waals surface area contributed by atoms with Crippen LogP contribution in [0.1, 0.15) is 37.3 Å². The molecule has 1 heterocycles. The van der Waals surface area contributed by atoms with Crippen molar-refractivity contribution in [3.63, 3.8) is 0 Å². The van der Waals surface area contributed by atoms with E-state index < -0.39 is 16.1 Å². The summed E-state index contributed by atoms with van der Waals surface area (Å²) >= 11 is 6.02. The van der Waals surface area contributed by atoms with Crippen LogP contribution in [-0.4, -0.2) is 49.4 Å². The Balaban J connectivity index is 1.44. The first-order valence-electron chi connectivity index (χ1n) is 10.6. The number of benzene rings is 2. The molecule has 8 nitrogen and oxygen atoms in total. The molecule has 0 radical (unpaired) electrons. The van der Waals surface area contributed by atoms with Crippen LogP contribution in [0.2, 0.25) is 5.02 Å².